The van der Waals surface area contributed by atoms with Crippen molar-refractivity contribution in [2.75, 3.05) is 10.6 Å². The van der Waals surface area contributed by atoms with Crippen LogP contribution in [0.15, 0.2) is 77.7 Å². The first-order valence-electron chi connectivity index (χ1n) is 9.84. The maximum Gasteiger partial charge on any atom is 0.323 e. The number of nitrogens with zero attached hydrogens (tertiary/aromatic N) is 2. The van der Waals surface area contributed by atoms with E-state index in [0.717, 1.165) is 16.8 Å². The average Bonchev–Trinajstić information content (AvgIpc) is 2.76. The molecule has 0 atom stereocenters. The van der Waals surface area contributed by atoms with Gasteiger partial charge < -0.3 is 15.4 Å². The lowest BCUT2D eigenvalue weighted by molar-refractivity contribution is 0.262. The summed E-state index contributed by atoms with van der Waals surface area (Å²) in [6.07, 6.45) is 1.70. The van der Waals surface area contributed by atoms with Crippen LogP contribution in [0.25, 0.3) is 5.65 Å². The number of carbonyl (C=O) groups excluding carboxylic acids is 1. The molecule has 0 aliphatic carbocycles. The van der Waals surface area contributed by atoms with Gasteiger partial charge in [-0.25, -0.2) is 9.78 Å². The Bertz CT molecular complexity index is 1300. The van der Waals surface area contributed by atoms with Crippen LogP contribution in [-0.4, -0.2) is 15.4 Å². The molecule has 0 fully saturated rings. The Hall–Kier alpha value is -4.13. The topological polar surface area (TPSA) is 84.7 Å². The lowest BCUT2D eigenvalue weighted by Crippen LogP contribution is -2.19. The summed E-state index contributed by atoms with van der Waals surface area (Å²) in [5.41, 5.74) is 4.32. The van der Waals surface area contributed by atoms with Crippen LogP contribution in [0.3, 0.4) is 0 Å². The molecule has 0 saturated carbocycles. The summed E-state index contributed by atoms with van der Waals surface area (Å²) in [4.78, 5) is 29.0. The molecule has 0 bridgehead atoms. The predicted octanol–water partition coefficient (Wildman–Crippen LogP) is 4.53. The lowest BCUT2D eigenvalue weighted by atomic mass is 10.2. The Labute approximate surface area is 179 Å². The summed E-state index contributed by atoms with van der Waals surface area (Å²) in [6.45, 7) is 4.01. The fourth-order valence-corrected chi connectivity index (χ4v) is 3.17. The van der Waals surface area contributed by atoms with Crippen molar-refractivity contribution in [3.8, 4) is 5.75 Å². The molecule has 7 heteroatoms. The third-order valence-corrected chi connectivity index (χ3v) is 4.83. The second kappa shape index (κ2) is 8.71. The number of urea groups is 1. The highest BCUT2D eigenvalue weighted by atomic mass is 16.5. The fraction of sp³-hybridized carbons (Fsp3) is 0.125. The molecule has 7 nitrogen and oxygen atoms in total. The Morgan fingerprint density at radius 1 is 0.968 bits per heavy atom. The Balaban J connectivity index is 1.38. The number of pyridine rings is 1. The van der Waals surface area contributed by atoms with Crippen LogP contribution in [-0.2, 0) is 6.61 Å². The predicted molar refractivity (Wildman–Crippen MR) is 121 cm³/mol. The standard InChI is InChI=1S/C24H22N4O3/c1-16-6-3-4-8-21(16)27-24(30)26-18-9-11-20(12-10-18)31-15-19-14-22(29)28-13-5-7-17(2)23(28)25-19/h3-14H,15H2,1-2H3,(H2,26,27,30). The van der Waals surface area contributed by atoms with Crippen molar-refractivity contribution in [3.63, 3.8) is 0 Å². The van der Waals surface area contributed by atoms with Crippen molar-refractivity contribution in [1.82, 2.24) is 9.38 Å². The van der Waals surface area contributed by atoms with Gasteiger partial charge in [0, 0.05) is 23.6 Å². The lowest BCUT2D eigenvalue weighted by Gasteiger charge is -2.11. The maximum atomic E-state index is 12.3. The van der Waals surface area contributed by atoms with Gasteiger partial charge in [-0.2, -0.15) is 0 Å². The highest BCUT2D eigenvalue weighted by molar-refractivity contribution is 6.00. The molecule has 4 rings (SSSR count). The number of ether oxygens (including phenoxy) is 1. The molecule has 0 saturated heterocycles. The van der Waals surface area contributed by atoms with Crippen molar-refractivity contribution in [3.05, 3.63) is 100 Å². The fourth-order valence-electron chi connectivity index (χ4n) is 3.17. The average molecular weight is 414 g/mol. The second-order valence-electron chi connectivity index (χ2n) is 7.18. The zero-order chi connectivity index (χ0) is 21.8. The Morgan fingerprint density at radius 3 is 2.48 bits per heavy atom. The number of nitrogens with one attached hydrogen (secondary N) is 2. The summed E-state index contributed by atoms with van der Waals surface area (Å²) in [5, 5.41) is 5.61. The van der Waals surface area contributed by atoms with Gasteiger partial charge in [-0.1, -0.05) is 24.3 Å². The first-order valence-corrected chi connectivity index (χ1v) is 9.84. The molecule has 0 spiro atoms. The first kappa shape index (κ1) is 20.2. The van der Waals surface area contributed by atoms with E-state index in [1.54, 1.807) is 30.5 Å². The highest BCUT2D eigenvalue weighted by Crippen LogP contribution is 2.18. The van der Waals surface area contributed by atoms with Gasteiger partial charge in [-0.05, 0) is 61.4 Å². The van der Waals surface area contributed by atoms with Crippen LogP contribution < -0.4 is 20.9 Å². The number of anilines is 2. The van der Waals surface area contributed by atoms with Crippen molar-refractivity contribution < 1.29 is 9.53 Å². The van der Waals surface area contributed by atoms with E-state index in [1.165, 1.54) is 10.5 Å². The molecule has 0 unspecified atom stereocenters. The van der Waals surface area contributed by atoms with Gasteiger partial charge in [0.25, 0.3) is 5.56 Å². The largest absolute Gasteiger partial charge is 0.487 e. The molecule has 156 valence electrons. The number of hydrogen-bond acceptors (Lipinski definition) is 4. The van der Waals surface area contributed by atoms with Gasteiger partial charge in [0.05, 0.1) is 5.69 Å². The van der Waals surface area contributed by atoms with E-state index >= 15 is 0 Å². The van der Waals surface area contributed by atoms with Crippen molar-refractivity contribution in [1.29, 1.82) is 0 Å². The van der Waals surface area contributed by atoms with E-state index in [1.807, 2.05) is 50.2 Å². The summed E-state index contributed by atoms with van der Waals surface area (Å²) in [7, 11) is 0. The maximum absolute atomic E-state index is 12.3. The quantitative estimate of drug-likeness (QED) is 0.502. The SMILES string of the molecule is Cc1ccccc1NC(=O)Nc1ccc(OCc2cc(=O)n3cccc(C)c3n2)cc1. The first-order chi connectivity index (χ1) is 15.0. The van der Waals surface area contributed by atoms with Gasteiger partial charge in [-0.15, -0.1) is 0 Å². The summed E-state index contributed by atoms with van der Waals surface area (Å²) in [6, 6.07) is 19.5. The van der Waals surface area contributed by atoms with E-state index in [0.29, 0.717) is 22.8 Å². The number of benzene rings is 2. The minimum atomic E-state index is -0.320. The van der Waals surface area contributed by atoms with Crippen LogP contribution in [0.5, 0.6) is 5.75 Å². The number of amides is 2. The molecule has 2 amide bonds. The smallest absolute Gasteiger partial charge is 0.323 e. The summed E-state index contributed by atoms with van der Waals surface area (Å²) >= 11 is 0. The molecule has 2 heterocycles. The van der Waals surface area contributed by atoms with Crippen molar-refractivity contribution >= 4 is 23.1 Å². The van der Waals surface area contributed by atoms with Crippen LogP contribution in [0, 0.1) is 13.8 Å². The summed E-state index contributed by atoms with van der Waals surface area (Å²) in [5.74, 6) is 0.608. The van der Waals surface area contributed by atoms with E-state index in [-0.39, 0.29) is 18.2 Å². The number of fused-ring (bicyclic) bond motifs is 1. The third-order valence-electron chi connectivity index (χ3n) is 4.83. The second-order valence-corrected chi connectivity index (χ2v) is 7.18. The number of hydrogen-bond donors (Lipinski definition) is 2. The number of carbonyl (C=O) groups is 1. The minimum absolute atomic E-state index is 0.147. The highest BCUT2D eigenvalue weighted by Gasteiger charge is 2.07. The van der Waals surface area contributed by atoms with Crippen LogP contribution >= 0.6 is 0 Å². The van der Waals surface area contributed by atoms with Gasteiger partial charge in [0.2, 0.25) is 0 Å². The van der Waals surface area contributed by atoms with Crippen LogP contribution in [0.4, 0.5) is 16.2 Å². The van der Waals surface area contributed by atoms with E-state index in [4.69, 9.17) is 4.74 Å². The summed E-state index contributed by atoms with van der Waals surface area (Å²) < 4.78 is 7.28. The Morgan fingerprint density at radius 2 is 1.71 bits per heavy atom. The molecule has 2 aromatic carbocycles. The zero-order valence-electron chi connectivity index (χ0n) is 17.3. The minimum Gasteiger partial charge on any atom is -0.487 e. The number of rotatable bonds is 5. The zero-order valence-corrected chi connectivity index (χ0v) is 17.3. The molecule has 2 aromatic heterocycles. The van der Waals surface area contributed by atoms with Gasteiger partial charge in [0.1, 0.15) is 18.0 Å². The molecule has 0 radical (unpaired) electrons. The molecule has 0 aliphatic rings. The van der Waals surface area contributed by atoms with E-state index in [2.05, 4.69) is 15.6 Å². The molecule has 31 heavy (non-hydrogen) atoms. The van der Waals surface area contributed by atoms with Crippen molar-refractivity contribution in [2.45, 2.75) is 20.5 Å². The molecular weight excluding hydrogens is 392 g/mol. The van der Waals surface area contributed by atoms with Crippen LogP contribution in [0.2, 0.25) is 0 Å². The molecule has 4 aromatic rings. The monoisotopic (exact) mass is 414 g/mol. The Kier molecular flexibility index (Phi) is 5.66. The van der Waals surface area contributed by atoms with Crippen molar-refractivity contribution in [2.24, 2.45) is 0 Å². The molecular formula is C24H22N4O3. The van der Waals surface area contributed by atoms with Gasteiger partial charge >= 0.3 is 6.03 Å². The van der Waals surface area contributed by atoms with E-state index in [9.17, 15) is 9.59 Å². The van der Waals surface area contributed by atoms with Gasteiger partial charge in [0.15, 0.2) is 0 Å². The van der Waals surface area contributed by atoms with Crippen LogP contribution in [0.1, 0.15) is 16.8 Å². The van der Waals surface area contributed by atoms with Gasteiger partial charge in [-0.3, -0.25) is 9.20 Å². The van der Waals surface area contributed by atoms with E-state index < -0.39 is 0 Å². The third kappa shape index (κ3) is 4.72. The molecule has 2 N–H and O–H groups in total. The number of aryl methyl sites for hydroxylation is 2. The normalized spacial score (nSPS) is 10.6. The number of aromatic nitrogens is 2. The number of para-hydroxylation sites is 1. The molecule has 0 aliphatic heterocycles.